The van der Waals surface area contributed by atoms with E-state index in [9.17, 15) is 22.8 Å². The first-order valence-corrected chi connectivity index (χ1v) is 14.8. The Morgan fingerprint density at radius 1 is 1.07 bits per heavy atom. The summed E-state index contributed by atoms with van der Waals surface area (Å²) < 4.78 is 40.8. The zero-order valence-corrected chi connectivity index (χ0v) is 24.8. The molecule has 232 valence electrons. The number of carbonyl (C=O) groups is 2. The van der Waals surface area contributed by atoms with Crippen LogP contribution in [0, 0.1) is 17.3 Å². The Morgan fingerprint density at radius 3 is 2.43 bits per heavy atom. The number of aryl methyl sites for hydroxylation is 1. The molecule has 44 heavy (non-hydrogen) atoms. The number of urea groups is 1. The van der Waals surface area contributed by atoms with Gasteiger partial charge in [0.05, 0.1) is 16.8 Å². The molecule has 0 spiro atoms. The molecule has 6 rings (SSSR count). The molecule has 0 radical (unpaired) electrons. The quantitative estimate of drug-likeness (QED) is 0.314. The van der Waals surface area contributed by atoms with Crippen LogP contribution in [0.15, 0.2) is 53.5 Å². The Morgan fingerprint density at radius 2 is 1.77 bits per heavy atom. The van der Waals surface area contributed by atoms with Gasteiger partial charge in [-0.3, -0.25) is 9.79 Å². The highest BCUT2D eigenvalue weighted by atomic mass is 19.4. The van der Waals surface area contributed by atoms with E-state index in [1.807, 2.05) is 19.2 Å². The molecule has 1 unspecified atom stereocenters. The van der Waals surface area contributed by atoms with Crippen LogP contribution in [-0.4, -0.2) is 33.8 Å². The maximum Gasteiger partial charge on any atom is 0.416 e. The van der Waals surface area contributed by atoms with Crippen molar-refractivity contribution in [2.24, 2.45) is 29.3 Å². The standard InChI is InChI=1S/C32H36F3N7O2/c1-31(2)19(15-26(43)37-20-11-12-20)14-24(31)25-16-23(27-28(36)41-42(3)29(27)40-25)17-7-9-21(10-8-17)38-30(44)39-22-6-4-5-18(13-22)32(33,34)35/h4-10,13,19-20,24-25H,11-12,14-16H2,1-3H3,(H2,36,41)(H,37,43)(H2,38,39,44)/t19-,24+,25?/m0/s1. The summed E-state index contributed by atoms with van der Waals surface area (Å²) in [5, 5.41) is 13.5. The molecule has 2 fully saturated rings. The number of nitrogens with one attached hydrogen (secondary N) is 3. The van der Waals surface area contributed by atoms with E-state index in [2.05, 4.69) is 34.9 Å². The molecule has 3 amide bonds. The minimum absolute atomic E-state index is 0.0129. The van der Waals surface area contributed by atoms with Gasteiger partial charge in [0.25, 0.3) is 0 Å². The fourth-order valence-corrected chi connectivity index (χ4v) is 6.60. The Balaban J connectivity index is 1.18. The van der Waals surface area contributed by atoms with E-state index in [-0.39, 0.29) is 34.9 Å². The van der Waals surface area contributed by atoms with Crippen LogP contribution in [0.2, 0.25) is 0 Å². The first-order chi connectivity index (χ1) is 20.8. The number of aromatic nitrogens is 2. The molecule has 0 saturated heterocycles. The van der Waals surface area contributed by atoms with E-state index in [0.717, 1.165) is 53.2 Å². The molecule has 12 heteroatoms. The molecule has 2 saturated carbocycles. The highest BCUT2D eigenvalue weighted by Gasteiger charge is 2.52. The predicted molar refractivity (Wildman–Crippen MR) is 161 cm³/mol. The Hall–Kier alpha value is -4.35. The second-order valence-electron chi connectivity index (χ2n) is 12.7. The summed E-state index contributed by atoms with van der Waals surface area (Å²) in [6, 6.07) is 11.4. The van der Waals surface area contributed by atoms with Crippen molar-refractivity contribution < 1.29 is 22.8 Å². The van der Waals surface area contributed by atoms with Gasteiger partial charge in [-0.05, 0) is 84.4 Å². The largest absolute Gasteiger partial charge is 0.416 e. The van der Waals surface area contributed by atoms with E-state index in [1.54, 1.807) is 16.8 Å². The zero-order chi connectivity index (χ0) is 31.4. The number of amides is 3. The van der Waals surface area contributed by atoms with Crippen molar-refractivity contribution in [1.29, 1.82) is 0 Å². The molecule has 5 N–H and O–H groups in total. The number of nitrogens with two attached hydrogens (primary N) is 1. The normalized spacial score (nSPS) is 22.3. The van der Waals surface area contributed by atoms with Crippen LogP contribution in [0.1, 0.15) is 57.1 Å². The van der Waals surface area contributed by atoms with Crippen molar-refractivity contribution in [3.63, 3.8) is 0 Å². The van der Waals surface area contributed by atoms with Crippen molar-refractivity contribution >= 4 is 34.7 Å². The van der Waals surface area contributed by atoms with Gasteiger partial charge in [0.1, 0.15) is 0 Å². The summed E-state index contributed by atoms with van der Waals surface area (Å²) in [4.78, 5) is 30.2. The number of hydrogen-bond acceptors (Lipinski definition) is 5. The lowest BCUT2D eigenvalue weighted by atomic mass is 9.51. The average molecular weight is 608 g/mol. The number of nitrogens with zero attached hydrogens (tertiary/aromatic N) is 3. The monoisotopic (exact) mass is 607 g/mol. The molecular formula is C32H36F3N7O2. The lowest BCUT2D eigenvalue weighted by molar-refractivity contribution is -0.137. The van der Waals surface area contributed by atoms with E-state index in [4.69, 9.17) is 10.7 Å². The Kier molecular flexibility index (Phi) is 7.41. The number of carbonyl (C=O) groups excluding carboxylic acids is 2. The number of anilines is 3. The van der Waals surface area contributed by atoms with Crippen LogP contribution in [-0.2, 0) is 18.0 Å². The molecule has 9 nitrogen and oxygen atoms in total. The van der Waals surface area contributed by atoms with Crippen LogP contribution in [0.25, 0.3) is 5.57 Å². The van der Waals surface area contributed by atoms with Gasteiger partial charge in [-0.1, -0.05) is 32.0 Å². The first kappa shape index (κ1) is 29.7. The molecule has 1 aliphatic heterocycles. The van der Waals surface area contributed by atoms with Crippen molar-refractivity contribution in [3.8, 4) is 0 Å². The van der Waals surface area contributed by atoms with Crippen LogP contribution >= 0.6 is 0 Å². The summed E-state index contributed by atoms with van der Waals surface area (Å²) in [6.45, 7) is 4.45. The molecule has 2 aliphatic carbocycles. The van der Waals surface area contributed by atoms with Crippen LogP contribution < -0.4 is 32.4 Å². The summed E-state index contributed by atoms with van der Waals surface area (Å²) in [6.07, 6.45) is -0.264. The van der Waals surface area contributed by atoms with Crippen LogP contribution in [0.4, 0.5) is 35.2 Å². The number of halogens is 3. The zero-order valence-electron chi connectivity index (χ0n) is 24.8. The van der Waals surface area contributed by atoms with Gasteiger partial charge in [-0.15, -0.1) is 0 Å². The van der Waals surface area contributed by atoms with E-state index in [0.29, 0.717) is 30.4 Å². The highest BCUT2D eigenvalue weighted by Crippen LogP contribution is 2.56. The molecule has 3 aliphatic rings. The average Bonchev–Trinajstić information content (AvgIpc) is 3.73. The van der Waals surface area contributed by atoms with Crippen LogP contribution in [0.3, 0.4) is 0 Å². The van der Waals surface area contributed by atoms with Crippen molar-refractivity contribution in [2.75, 3.05) is 16.4 Å². The third kappa shape index (κ3) is 5.89. The number of nitrogen functional groups attached to an aromatic ring is 1. The second kappa shape index (κ2) is 11.0. The van der Waals surface area contributed by atoms with E-state index >= 15 is 0 Å². The Labute approximate surface area is 252 Å². The smallest absolute Gasteiger partial charge is 0.382 e. The number of alkyl halides is 3. The third-order valence-electron chi connectivity index (χ3n) is 9.37. The highest BCUT2D eigenvalue weighted by molar-refractivity contribution is 5.99. The SMILES string of the molecule is Cn1nc(N)c2c1=NC([C@H]1C[C@@H](CC(=O)NC3CC3)C1(C)C)CC=2c1ccc(NC(=O)Nc2cccc(C(F)(F)F)c2)cc1. The molecular weight excluding hydrogens is 571 g/mol. The minimum Gasteiger partial charge on any atom is -0.382 e. The predicted octanol–water partition coefficient (Wildman–Crippen LogP) is 4.59. The number of hydrogen-bond donors (Lipinski definition) is 4. The van der Waals surface area contributed by atoms with Gasteiger partial charge in [-0.25, -0.2) is 9.48 Å². The van der Waals surface area contributed by atoms with Crippen molar-refractivity contribution in [2.45, 2.75) is 64.2 Å². The molecule has 3 aromatic rings. The summed E-state index contributed by atoms with van der Waals surface area (Å²) >= 11 is 0. The van der Waals surface area contributed by atoms with Crippen molar-refractivity contribution in [3.05, 3.63) is 70.4 Å². The molecule has 2 heterocycles. The summed E-state index contributed by atoms with van der Waals surface area (Å²) in [7, 11) is 1.83. The van der Waals surface area contributed by atoms with Crippen LogP contribution in [0.5, 0.6) is 0 Å². The lowest BCUT2D eigenvalue weighted by Crippen LogP contribution is -2.53. The fourth-order valence-electron chi connectivity index (χ4n) is 6.60. The Bertz CT molecular complexity index is 1730. The summed E-state index contributed by atoms with van der Waals surface area (Å²) in [5.41, 5.74) is 8.59. The number of rotatable bonds is 7. The maximum atomic E-state index is 13.0. The van der Waals surface area contributed by atoms with Gasteiger partial charge < -0.3 is 21.7 Å². The topological polar surface area (TPSA) is 126 Å². The maximum absolute atomic E-state index is 13.0. The number of fused-ring (bicyclic) bond motifs is 1. The third-order valence-corrected chi connectivity index (χ3v) is 9.37. The summed E-state index contributed by atoms with van der Waals surface area (Å²) in [5.74, 6) is 1.09. The van der Waals surface area contributed by atoms with Gasteiger partial charge in [0, 0.05) is 30.9 Å². The fraction of sp³-hybridized carbons (Fsp3) is 0.438. The van der Waals surface area contributed by atoms with Gasteiger partial charge in [0.15, 0.2) is 11.3 Å². The van der Waals surface area contributed by atoms with Gasteiger partial charge in [-0.2, -0.15) is 18.3 Å². The van der Waals surface area contributed by atoms with E-state index < -0.39 is 17.8 Å². The molecule has 1 aromatic heterocycles. The van der Waals surface area contributed by atoms with E-state index in [1.165, 1.54) is 12.1 Å². The van der Waals surface area contributed by atoms with Gasteiger partial charge >= 0.3 is 12.2 Å². The van der Waals surface area contributed by atoms with Gasteiger partial charge in [0.2, 0.25) is 5.91 Å². The second-order valence-corrected chi connectivity index (χ2v) is 12.7. The van der Waals surface area contributed by atoms with Crippen molar-refractivity contribution in [1.82, 2.24) is 15.1 Å². The molecule has 0 bridgehead atoms. The lowest BCUT2D eigenvalue weighted by Gasteiger charge is -2.54. The molecule has 3 atom stereocenters. The molecule has 2 aromatic carbocycles. The first-order valence-electron chi connectivity index (χ1n) is 14.8. The number of benzene rings is 2. The minimum atomic E-state index is -4.51.